The Kier molecular flexibility index (Phi) is 3.14. The van der Waals surface area contributed by atoms with Gasteiger partial charge in [-0.25, -0.2) is 10.3 Å². The molecule has 2 N–H and O–H groups in total. The number of carbonyl (C=O) groups excluding carboxylic acids is 1. The van der Waals surface area contributed by atoms with Crippen LogP contribution in [0.1, 0.15) is 10.4 Å². The van der Waals surface area contributed by atoms with Crippen molar-refractivity contribution in [3.8, 4) is 0 Å². The molecule has 0 saturated heterocycles. The molecule has 1 aromatic carbocycles. The van der Waals surface area contributed by atoms with Crippen LogP contribution in [0.2, 0.25) is 0 Å². The minimum atomic E-state index is -0.633. The average molecular weight is 197 g/mol. The summed E-state index contributed by atoms with van der Waals surface area (Å²) in [6.07, 6.45) is 0. The first-order valence-electron chi connectivity index (χ1n) is 3.75. The second-order valence-corrected chi connectivity index (χ2v) is 2.43. The summed E-state index contributed by atoms with van der Waals surface area (Å²) >= 11 is 0. The molecular weight excluding hydrogens is 188 g/mol. The molecule has 0 fully saturated rings. The number of hydrogen-bond acceptors (Lipinski definition) is 4. The monoisotopic (exact) mass is 197 g/mol. The molecule has 0 saturated carbocycles. The Bertz CT molecular complexity index is 312. The highest BCUT2D eigenvalue weighted by atomic mass is 16.8. The van der Waals surface area contributed by atoms with Crippen molar-refractivity contribution >= 4 is 11.6 Å². The van der Waals surface area contributed by atoms with Crippen LogP contribution in [0.3, 0.4) is 0 Å². The van der Waals surface area contributed by atoms with Gasteiger partial charge in [0.25, 0.3) is 10.8 Å². The van der Waals surface area contributed by atoms with Crippen LogP contribution in [-0.2, 0) is 4.84 Å². The SMILES string of the molecule is CO[N+](=O)c1ccc(C(=O)NO)cc1. The van der Waals surface area contributed by atoms with Crippen LogP contribution < -0.4 is 5.48 Å². The number of nitrogens with zero attached hydrogens (tertiary/aromatic N) is 1. The van der Waals surface area contributed by atoms with Crippen LogP contribution in [0.25, 0.3) is 0 Å². The van der Waals surface area contributed by atoms with E-state index in [-0.39, 0.29) is 11.3 Å². The lowest BCUT2D eigenvalue weighted by molar-refractivity contribution is -0.736. The highest BCUT2D eigenvalue weighted by Crippen LogP contribution is 2.12. The minimum absolute atomic E-state index is 0.251. The Balaban J connectivity index is 2.89. The van der Waals surface area contributed by atoms with Crippen LogP contribution >= 0.6 is 0 Å². The van der Waals surface area contributed by atoms with Crippen molar-refractivity contribution in [3.63, 3.8) is 0 Å². The van der Waals surface area contributed by atoms with E-state index in [1.54, 1.807) is 0 Å². The third kappa shape index (κ3) is 2.05. The molecule has 14 heavy (non-hydrogen) atoms. The molecule has 0 heterocycles. The zero-order valence-corrected chi connectivity index (χ0v) is 7.43. The van der Waals surface area contributed by atoms with Crippen molar-refractivity contribution in [1.29, 1.82) is 0 Å². The van der Waals surface area contributed by atoms with Gasteiger partial charge in [0.05, 0.1) is 4.91 Å². The second-order valence-electron chi connectivity index (χ2n) is 2.43. The van der Waals surface area contributed by atoms with Crippen molar-refractivity contribution in [2.75, 3.05) is 7.11 Å². The first-order valence-corrected chi connectivity index (χ1v) is 3.75. The van der Waals surface area contributed by atoms with Gasteiger partial charge in [-0.3, -0.25) is 10.0 Å². The molecule has 74 valence electrons. The number of nitrogens with one attached hydrogen (secondary N) is 1. The van der Waals surface area contributed by atoms with E-state index in [4.69, 9.17) is 5.21 Å². The molecule has 0 aliphatic carbocycles. The van der Waals surface area contributed by atoms with Gasteiger partial charge in [-0.2, -0.15) is 0 Å². The standard InChI is InChI=1S/C8H8N2O4/c1-14-10(13)7-4-2-6(3-5-7)8(11)9-12/h2-5H,1H3,(H-,9,11,12,13)/p+1. The minimum Gasteiger partial charge on any atom is -0.288 e. The van der Waals surface area contributed by atoms with Gasteiger partial charge in [0.1, 0.15) is 0 Å². The molecule has 0 aliphatic heterocycles. The van der Waals surface area contributed by atoms with Crippen LogP contribution in [0.4, 0.5) is 5.69 Å². The Hall–Kier alpha value is -1.95. The van der Waals surface area contributed by atoms with E-state index in [1.807, 2.05) is 0 Å². The normalized spacial score (nSPS) is 9.29. The maximum atomic E-state index is 10.9. The fourth-order valence-electron chi connectivity index (χ4n) is 0.904. The van der Waals surface area contributed by atoms with E-state index in [0.717, 1.165) is 0 Å². The van der Waals surface area contributed by atoms with E-state index in [2.05, 4.69) is 4.84 Å². The van der Waals surface area contributed by atoms with E-state index < -0.39 is 5.91 Å². The van der Waals surface area contributed by atoms with Crippen molar-refractivity contribution in [2.24, 2.45) is 0 Å². The van der Waals surface area contributed by atoms with Crippen LogP contribution in [0.15, 0.2) is 24.3 Å². The number of carbonyl (C=O) groups is 1. The Labute approximate surface area is 79.6 Å². The summed E-state index contributed by atoms with van der Waals surface area (Å²) in [5.41, 5.74) is 2.00. The third-order valence-corrected chi connectivity index (χ3v) is 1.61. The fraction of sp³-hybridized carbons (Fsp3) is 0.125. The Morgan fingerprint density at radius 2 is 2.00 bits per heavy atom. The zero-order chi connectivity index (χ0) is 10.6. The second kappa shape index (κ2) is 4.33. The number of hydroxylamine groups is 1. The summed E-state index contributed by atoms with van der Waals surface area (Å²) < 4.78 is 0. The lowest BCUT2D eigenvalue weighted by atomic mass is 10.2. The predicted octanol–water partition coefficient (Wildman–Crippen LogP) is 0.777. The summed E-state index contributed by atoms with van der Waals surface area (Å²) in [4.78, 5) is 26.5. The molecule has 0 aliphatic rings. The van der Waals surface area contributed by atoms with Crippen LogP contribution in [-0.4, -0.2) is 23.1 Å². The molecule has 0 spiro atoms. The summed E-state index contributed by atoms with van der Waals surface area (Å²) in [6, 6.07) is 5.60. The summed E-state index contributed by atoms with van der Waals surface area (Å²) in [5.74, 6) is -0.633. The van der Waals surface area contributed by atoms with E-state index in [9.17, 15) is 9.70 Å². The smallest absolute Gasteiger partial charge is 0.288 e. The first kappa shape index (κ1) is 10.1. The van der Waals surface area contributed by atoms with E-state index >= 15 is 0 Å². The topological polar surface area (TPSA) is 78.6 Å². The molecule has 0 bridgehead atoms. The maximum absolute atomic E-state index is 10.9. The lowest BCUT2D eigenvalue weighted by Crippen LogP contribution is -2.18. The Morgan fingerprint density at radius 1 is 1.43 bits per heavy atom. The number of rotatable bonds is 3. The Morgan fingerprint density at radius 3 is 2.43 bits per heavy atom. The molecule has 1 rings (SSSR count). The molecule has 0 unspecified atom stereocenters. The highest BCUT2D eigenvalue weighted by Gasteiger charge is 2.14. The van der Waals surface area contributed by atoms with Gasteiger partial charge in [0, 0.05) is 17.7 Å². The molecule has 0 atom stereocenters. The molecular formula is C8H9N2O4+. The highest BCUT2D eigenvalue weighted by molar-refractivity contribution is 5.93. The molecule has 0 radical (unpaired) electrons. The van der Waals surface area contributed by atoms with Crippen molar-refractivity contribution in [1.82, 2.24) is 5.48 Å². The largest absolute Gasteiger partial charge is 0.316 e. The molecule has 6 nitrogen and oxygen atoms in total. The van der Waals surface area contributed by atoms with Crippen molar-refractivity contribution < 1.29 is 19.8 Å². The first-order chi connectivity index (χ1) is 6.69. The molecule has 1 amide bonds. The van der Waals surface area contributed by atoms with Gasteiger partial charge in [-0.05, 0) is 12.1 Å². The quantitative estimate of drug-likeness (QED) is 0.554. The van der Waals surface area contributed by atoms with Crippen LogP contribution in [0, 0.1) is 4.91 Å². The molecule has 1 aromatic rings. The van der Waals surface area contributed by atoms with Gasteiger partial charge in [-0.1, -0.05) is 0 Å². The van der Waals surface area contributed by atoms with Gasteiger partial charge in [0.15, 0.2) is 7.11 Å². The third-order valence-electron chi connectivity index (χ3n) is 1.61. The average Bonchev–Trinajstić information content (AvgIpc) is 2.27. The lowest BCUT2D eigenvalue weighted by Gasteiger charge is -1.96. The predicted molar refractivity (Wildman–Crippen MR) is 46.0 cm³/mol. The van der Waals surface area contributed by atoms with Gasteiger partial charge in [-0.15, -0.1) is 0 Å². The molecule has 0 aromatic heterocycles. The van der Waals surface area contributed by atoms with Crippen molar-refractivity contribution in [3.05, 3.63) is 34.7 Å². The summed E-state index contributed by atoms with van der Waals surface area (Å²) in [6.45, 7) is 0. The maximum Gasteiger partial charge on any atom is 0.316 e. The van der Waals surface area contributed by atoms with Crippen LogP contribution in [0.5, 0.6) is 0 Å². The van der Waals surface area contributed by atoms with E-state index in [0.29, 0.717) is 4.92 Å². The zero-order valence-electron chi connectivity index (χ0n) is 7.43. The fourth-order valence-corrected chi connectivity index (χ4v) is 0.904. The summed E-state index contributed by atoms with van der Waals surface area (Å²) in [7, 11) is 1.24. The van der Waals surface area contributed by atoms with Crippen molar-refractivity contribution in [2.45, 2.75) is 0 Å². The number of hydrogen-bond donors (Lipinski definition) is 2. The van der Waals surface area contributed by atoms with E-state index in [1.165, 1.54) is 36.9 Å². The van der Waals surface area contributed by atoms with Gasteiger partial charge >= 0.3 is 5.69 Å². The number of amides is 1. The summed E-state index contributed by atoms with van der Waals surface area (Å²) in [5, 5.41) is 8.32. The number of benzene rings is 1. The van der Waals surface area contributed by atoms with Gasteiger partial charge in [0.2, 0.25) is 0 Å². The molecule has 6 heteroatoms. The van der Waals surface area contributed by atoms with Gasteiger partial charge < -0.3 is 0 Å².